The van der Waals surface area contributed by atoms with Crippen LogP contribution >= 0.6 is 0 Å². The zero-order valence-electron chi connectivity index (χ0n) is 61.8. The van der Waals surface area contributed by atoms with Gasteiger partial charge in [0.15, 0.2) is 29.8 Å². The first-order chi connectivity index (χ1) is 53.7. The summed E-state index contributed by atoms with van der Waals surface area (Å²) in [6, 6.07) is 16.4. The number of para-hydroxylation sites is 4. The summed E-state index contributed by atoms with van der Waals surface area (Å²) in [5, 5.41) is 86.7. The van der Waals surface area contributed by atoms with Crippen molar-refractivity contribution in [1.29, 1.82) is 27.0 Å². The largest absolute Gasteiger partial charge is 0.480 e. The molecule has 0 bridgehead atoms. The summed E-state index contributed by atoms with van der Waals surface area (Å²) in [6.07, 6.45) is 6.08. The number of amides is 8. The van der Waals surface area contributed by atoms with Gasteiger partial charge < -0.3 is 129 Å². The summed E-state index contributed by atoms with van der Waals surface area (Å²) in [5.74, 6) is -10.3. The molecular weight excluding hydrogens is 1440 g/mol. The highest BCUT2D eigenvalue weighted by Gasteiger charge is 2.37. The predicted molar refractivity (Wildman–Crippen MR) is 425 cm³/mol. The number of carboxylic acid groups (broad SMARTS) is 1. The number of aromatic nitrogens is 4. The minimum Gasteiger partial charge on any atom is -0.480 e. The van der Waals surface area contributed by atoms with E-state index >= 15 is 19.2 Å². The van der Waals surface area contributed by atoms with Crippen LogP contribution in [0.5, 0.6) is 0 Å². The molecule has 8 rings (SSSR count). The van der Waals surface area contributed by atoms with Crippen molar-refractivity contribution in [3.63, 3.8) is 0 Å². The van der Waals surface area contributed by atoms with Crippen LogP contribution in [-0.2, 0) is 68.8 Å². The number of carbonyl (C=O) groups excluding carboxylic acids is 8. The van der Waals surface area contributed by atoms with Gasteiger partial charge in [-0.15, -0.1) is 0 Å². The smallest absolute Gasteiger partial charge is 0.326 e. The highest BCUT2D eigenvalue weighted by atomic mass is 16.4. The molecule has 8 amide bonds. The van der Waals surface area contributed by atoms with E-state index < -0.39 is 125 Å². The maximum atomic E-state index is 15.7. The van der Waals surface area contributed by atoms with Crippen LogP contribution < -0.4 is 104 Å². The number of nitrogens with one attached hydrogen (secondary N) is 22. The number of aromatic amines is 4. The topological polar surface area (TPSA) is 669 Å². The molecule has 0 spiro atoms. The Labute approximate surface area is 643 Å². The first-order valence-corrected chi connectivity index (χ1v) is 36.7. The van der Waals surface area contributed by atoms with Crippen LogP contribution in [0.25, 0.3) is 43.6 Å². The van der Waals surface area contributed by atoms with Crippen molar-refractivity contribution in [3.8, 4) is 0 Å². The fourth-order valence-electron chi connectivity index (χ4n) is 13.0. The van der Waals surface area contributed by atoms with Gasteiger partial charge >= 0.3 is 5.97 Å². The maximum absolute atomic E-state index is 15.7. The number of hydrogen-bond donors (Lipinski definition) is 29. The fraction of sp³-hybridized carbons (Fsp3) is 0.378. The molecule has 0 radical (unpaired) electrons. The van der Waals surface area contributed by atoms with Gasteiger partial charge in [0.2, 0.25) is 47.3 Å². The number of hydrogen-bond acceptors (Lipinski definition) is 15. The van der Waals surface area contributed by atoms with Crippen LogP contribution in [0.1, 0.15) is 86.5 Å². The third-order valence-electron chi connectivity index (χ3n) is 18.7. The van der Waals surface area contributed by atoms with E-state index in [0.29, 0.717) is 38.5 Å². The van der Waals surface area contributed by atoms with E-state index in [1.54, 1.807) is 36.9 Å². The number of guanidine groups is 5. The van der Waals surface area contributed by atoms with Gasteiger partial charge in [-0.1, -0.05) is 72.8 Å². The van der Waals surface area contributed by atoms with E-state index in [-0.39, 0.29) is 135 Å². The lowest BCUT2D eigenvalue weighted by Gasteiger charge is -2.28. The number of carbonyl (C=O) groups is 9. The van der Waals surface area contributed by atoms with Crippen LogP contribution in [0.15, 0.2) is 122 Å². The minimum absolute atomic E-state index is 0.00334. The Balaban J connectivity index is 1.10. The Morgan fingerprint density at radius 2 is 0.509 bits per heavy atom. The Morgan fingerprint density at radius 3 is 0.759 bits per heavy atom. The van der Waals surface area contributed by atoms with Crippen molar-refractivity contribution in [2.24, 2.45) is 34.4 Å². The number of benzene rings is 4. The second kappa shape index (κ2) is 41.8. The van der Waals surface area contributed by atoms with Gasteiger partial charge in [0, 0.05) is 120 Å². The van der Waals surface area contributed by atoms with Gasteiger partial charge in [0.05, 0.1) is 6.04 Å². The van der Waals surface area contributed by atoms with Gasteiger partial charge in [0.1, 0.15) is 48.3 Å². The highest BCUT2D eigenvalue weighted by Crippen LogP contribution is 2.25. The van der Waals surface area contributed by atoms with Crippen LogP contribution in [0.2, 0.25) is 0 Å². The Hall–Kier alpha value is -13.4. The fourth-order valence-corrected chi connectivity index (χ4v) is 13.0. The first-order valence-electron chi connectivity index (χ1n) is 36.7. The number of aliphatic carboxylic acids is 1. The zero-order chi connectivity index (χ0) is 80.8. The molecule has 0 aliphatic rings. The van der Waals surface area contributed by atoms with Crippen LogP contribution in [0.3, 0.4) is 0 Å². The quantitative estimate of drug-likeness (QED) is 0.0117. The Bertz CT molecular complexity index is 4640. The van der Waals surface area contributed by atoms with Gasteiger partial charge in [-0.25, -0.2) is 4.79 Å². The van der Waals surface area contributed by atoms with E-state index in [1.165, 1.54) is 0 Å². The normalized spacial score (nSPS) is 13.6. The molecule has 35 N–H and O–H groups in total. The number of fused-ring (bicyclic) bond motifs is 4. The second-order valence-corrected chi connectivity index (χ2v) is 27.1. The van der Waals surface area contributed by atoms with E-state index in [4.69, 9.17) is 61.4 Å². The molecule has 112 heavy (non-hydrogen) atoms. The molecule has 4 aromatic carbocycles. The Morgan fingerprint density at radius 1 is 0.304 bits per heavy atom. The minimum atomic E-state index is -1.56. The molecule has 598 valence electrons. The number of nitrogens with two attached hydrogens (primary N) is 6. The van der Waals surface area contributed by atoms with E-state index in [1.807, 2.05) is 84.9 Å². The molecule has 38 nitrogen and oxygen atoms in total. The second-order valence-electron chi connectivity index (χ2n) is 27.1. The number of carboxylic acids is 1. The molecule has 38 heteroatoms. The van der Waals surface area contributed by atoms with Crippen LogP contribution in [-0.4, -0.2) is 195 Å². The molecule has 8 aromatic rings. The van der Waals surface area contributed by atoms with Gasteiger partial charge in [0.25, 0.3) is 0 Å². The van der Waals surface area contributed by atoms with Gasteiger partial charge in [-0.05, 0) is 117 Å². The first kappa shape index (κ1) is 84.2. The molecule has 0 saturated carbocycles. The molecule has 0 fully saturated rings. The average molecular weight is 1540 g/mol. The van der Waals surface area contributed by atoms with Crippen LogP contribution in [0, 0.1) is 27.0 Å². The summed E-state index contributed by atoms with van der Waals surface area (Å²) < 4.78 is 0. The lowest BCUT2D eigenvalue weighted by molar-refractivity contribution is -0.142. The lowest BCUT2D eigenvalue weighted by Crippen LogP contribution is -2.61. The molecule has 4 heterocycles. The zero-order valence-corrected chi connectivity index (χ0v) is 61.8. The summed E-state index contributed by atoms with van der Waals surface area (Å²) in [4.78, 5) is 145. The summed E-state index contributed by atoms with van der Waals surface area (Å²) in [7, 11) is 0. The maximum Gasteiger partial charge on any atom is 0.326 e. The van der Waals surface area contributed by atoms with Crippen molar-refractivity contribution < 1.29 is 48.3 Å². The lowest BCUT2D eigenvalue weighted by atomic mass is 9.99. The van der Waals surface area contributed by atoms with E-state index in [2.05, 4.69) is 89.1 Å². The van der Waals surface area contributed by atoms with Crippen molar-refractivity contribution in [2.45, 2.75) is 144 Å². The Kier molecular flexibility index (Phi) is 31.4. The summed E-state index contributed by atoms with van der Waals surface area (Å²) in [5.41, 5.74) is 40.0. The SMILES string of the molecule is N=C(N)NCCC[C@H](NC(=O)[C@H](CCCNC(=N)N)NC(=O)[C@H](CCCNC(=N)N)NC(=O)[C@H](CCCNC(=N)N)NC(=O)[C@H](CCCNC(=N)N)NC(=O)[C@H](Cc1c[nH]c2ccccc12)NC(=O)[C@H](Cc1c[nH]c2ccccc12)NC(=O)[C@H](Cc1c[nH]c2ccccc12)NC(=O)[C@@H](N)Cc1c[nH]c2ccccc12)C(=O)O. The average Bonchev–Trinajstić information content (AvgIpc) is 1.27. The molecule has 4 aromatic heterocycles. The van der Waals surface area contributed by atoms with Crippen molar-refractivity contribution in [1.82, 2.24) is 89.1 Å². The van der Waals surface area contributed by atoms with Crippen molar-refractivity contribution >= 4 is 127 Å². The van der Waals surface area contributed by atoms with Gasteiger partial charge in [-0.3, -0.25) is 65.4 Å². The molecular formula is C74H102N28O10. The van der Waals surface area contributed by atoms with E-state index in [9.17, 15) is 29.1 Å². The highest BCUT2D eigenvalue weighted by molar-refractivity contribution is 6.00. The van der Waals surface area contributed by atoms with Crippen molar-refractivity contribution in [3.05, 3.63) is 144 Å². The molecule has 0 unspecified atom stereocenters. The summed E-state index contributed by atoms with van der Waals surface area (Å²) >= 11 is 0. The molecule has 9 atom stereocenters. The predicted octanol–water partition coefficient (Wildman–Crippen LogP) is -1.51. The monoisotopic (exact) mass is 1540 g/mol. The van der Waals surface area contributed by atoms with Crippen LogP contribution in [0.4, 0.5) is 0 Å². The third-order valence-corrected chi connectivity index (χ3v) is 18.7. The molecule has 0 aliphatic heterocycles. The molecule has 0 aliphatic carbocycles. The number of rotatable bonds is 45. The molecule has 0 saturated heterocycles. The van der Waals surface area contributed by atoms with Gasteiger partial charge in [-0.2, -0.15) is 0 Å². The standard InChI is InChI=1S/C74H102N28O10/c75-48(32-40-36-91-49-18-5-1-14-44(40)49)61(103)100-58(33-41-37-92-50-19-6-2-15-45(41)50)67(109)102-60(35-43-39-94-52-21-8-4-17-47(43)52)68(110)101-59(34-42-38-93-51-20-7-3-16-46(42)51)66(108)98-55(24-11-29-88-72(80)81)64(106)96-53(22-9-27-86-70(76)77)62(104)95-54(23-10-28-87-71(78)79)63(105)97-56(25-12-30-89-73(82)83)65(107)99-57(69(111)112)26-13-31-90-74(84)85/h1-8,14-21,36-39,48,53-60,91-94H,9-13,22-35,75H2,(H,95,104)(H,96,106)(H,97,105)(H,98,108)(H,99,107)(H,100,103)(H,101,110)(H,102,109)(H,111,112)(H4,76,77,86)(H4,78,79,87)(H4,80,81,88)(H4,82,83,89)(H4,84,85,90)/t48-,53-,54-,55-,56-,57-,58-,59-,60-/m0/s1. The van der Waals surface area contributed by atoms with Crippen molar-refractivity contribution in [2.75, 3.05) is 32.7 Å². The van der Waals surface area contributed by atoms with E-state index in [0.717, 1.165) is 27.4 Å². The summed E-state index contributed by atoms with van der Waals surface area (Å²) in [6.45, 7) is 0.183. The number of H-pyrrole nitrogens is 4. The third kappa shape index (κ3) is 25.6.